The Kier molecular flexibility index (Phi) is 4.25. The number of anilines is 1. The number of benzene rings is 1. The zero-order valence-corrected chi connectivity index (χ0v) is 13.2. The van der Waals surface area contributed by atoms with Gasteiger partial charge < -0.3 is 5.32 Å². The summed E-state index contributed by atoms with van der Waals surface area (Å²) >= 11 is 1.73. The fourth-order valence-corrected chi connectivity index (χ4v) is 2.90. The van der Waals surface area contributed by atoms with Crippen LogP contribution in [-0.2, 0) is 0 Å². The van der Waals surface area contributed by atoms with Gasteiger partial charge in [-0.3, -0.25) is 0 Å². The maximum Gasteiger partial charge on any atom is 0.183 e. The summed E-state index contributed by atoms with van der Waals surface area (Å²) in [5.41, 5.74) is 5.31. The first-order valence-corrected chi connectivity index (χ1v) is 7.57. The van der Waals surface area contributed by atoms with E-state index in [1.165, 1.54) is 27.1 Å². The van der Waals surface area contributed by atoms with E-state index in [-0.39, 0.29) is 0 Å². The van der Waals surface area contributed by atoms with Crippen molar-refractivity contribution in [2.75, 3.05) is 11.9 Å². The normalized spacial score (nSPS) is 11.1. The van der Waals surface area contributed by atoms with Gasteiger partial charge in [0.15, 0.2) is 5.13 Å². The van der Waals surface area contributed by atoms with Gasteiger partial charge >= 0.3 is 0 Å². The lowest BCUT2D eigenvalue weighted by atomic mass is 10.0. The Balaban J connectivity index is 2.25. The van der Waals surface area contributed by atoms with Crippen molar-refractivity contribution in [1.29, 1.82) is 0 Å². The Morgan fingerprint density at radius 1 is 1.11 bits per heavy atom. The lowest BCUT2D eigenvalue weighted by Gasteiger charge is -2.07. The Hall–Kier alpha value is -1.35. The van der Waals surface area contributed by atoms with E-state index in [9.17, 15) is 0 Å². The fourth-order valence-electron chi connectivity index (χ4n) is 2.00. The van der Waals surface area contributed by atoms with Crippen molar-refractivity contribution in [3.05, 3.63) is 35.0 Å². The average Bonchev–Trinajstić information content (AvgIpc) is 2.80. The molecule has 0 aliphatic rings. The third-order valence-electron chi connectivity index (χ3n) is 3.27. The van der Waals surface area contributed by atoms with Crippen LogP contribution in [0.4, 0.5) is 5.13 Å². The van der Waals surface area contributed by atoms with Gasteiger partial charge in [-0.1, -0.05) is 37.3 Å². The predicted molar refractivity (Wildman–Crippen MR) is 85.1 cm³/mol. The van der Waals surface area contributed by atoms with Crippen LogP contribution >= 0.6 is 11.3 Å². The highest BCUT2D eigenvalue weighted by molar-refractivity contribution is 7.18. The van der Waals surface area contributed by atoms with Crippen molar-refractivity contribution in [1.82, 2.24) is 4.98 Å². The quantitative estimate of drug-likeness (QED) is 0.866. The molecule has 0 unspecified atom stereocenters. The van der Waals surface area contributed by atoms with Gasteiger partial charge in [0.2, 0.25) is 0 Å². The van der Waals surface area contributed by atoms with Crippen molar-refractivity contribution in [3.63, 3.8) is 0 Å². The number of thiazole rings is 1. The highest BCUT2D eigenvalue weighted by Crippen LogP contribution is 2.32. The molecule has 1 aromatic heterocycles. The highest BCUT2D eigenvalue weighted by atomic mass is 32.1. The Labute approximate surface area is 119 Å². The minimum atomic E-state index is 0.635. The van der Waals surface area contributed by atoms with Gasteiger partial charge in [-0.2, -0.15) is 0 Å². The molecule has 0 saturated carbocycles. The summed E-state index contributed by atoms with van der Waals surface area (Å²) in [6, 6.07) is 4.52. The van der Waals surface area contributed by atoms with E-state index in [1.807, 2.05) is 6.20 Å². The number of nitrogens with zero attached hydrogens (tertiary/aromatic N) is 1. The zero-order chi connectivity index (χ0) is 14.0. The number of hydrogen-bond donors (Lipinski definition) is 1. The Bertz CT molecular complexity index is 570. The summed E-state index contributed by atoms with van der Waals surface area (Å²) < 4.78 is 0. The number of aryl methyl sites for hydroxylation is 3. The Morgan fingerprint density at radius 3 is 2.47 bits per heavy atom. The molecule has 1 N–H and O–H groups in total. The van der Waals surface area contributed by atoms with Gasteiger partial charge in [0.1, 0.15) is 0 Å². The summed E-state index contributed by atoms with van der Waals surface area (Å²) in [6.07, 6.45) is 1.98. The van der Waals surface area contributed by atoms with Gasteiger partial charge in [-0.05, 0) is 48.9 Å². The van der Waals surface area contributed by atoms with Gasteiger partial charge in [0.25, 0.3) is 0 Å². The van der Waals surface area contributed by atoms with E-state index in [0.29, 0.717) is 5.92 Å². The molecular weight excluding hydrogens is 252 g/mol. The molecule has 0 fully saturated rings. The number of nitrogens with one attached hydrogen (secondary N) is 1. The summed E-state index contributed by atoms with van der Waals surface area (Å²) in [4.78, 5) is 5.71. The predicted octanol–water partition coefficient (Wildman–Crippen LogP) is 4.80. The molecule has 19 heavy (non-hydrogen) atoms. The molecule has 0 radical (unpaired) electrons. The first kappa shape index (κ1) is 14.1. The molecule has 0 saturated heterocycles. The molecule has 102 valence electrons. The first-order valence-electron chi connectivity index (χ1n) is 6.75. The monoisotopic (exact) mass is 274 g/mol. The molecule has 3 heteroatoms. The smallest absolute Gasteiger partial charge is 0.183 e. The van der Waals surface area contributed by atoms with Crippen molar-refractivity contribution in [2.45, 2.75) is 34.6 Å². The maximum absolute atomic E-state index is 4.47. The molecule has 0 amide bonds. The molecule has 2 nitrogen and oxygen atoms in total. The van der Waals surface area contributed by atoms with E-state index in [2.05, 4.69) is 57.1 Å². The van der Waals surface area contributed by atoms with Crippen molar-refractivity contribution in [2.24, 2.45) is 5.92 Å². The van der Waals surface area contributed by atoms with Crippen molar-refractivity contribution < 1.29 is 0 Å². The fraction of sp³-hybridized carbons (Fsp3) is 0.438. The van der Waals surface area contributed by atoms with E-state index < -0.39 is 0 Å². The van der Waals surface area contributed by atoms with Crippen LogP contribution in [0.2, 0.25) is 0 Å². The molecule has 2 aromatic rings. The van der Waals surface area contributed by atoms with E-state index in [1.54, 1.807) is 11.3 Å². The lowest BCUT2D eigenvalue weighted by Crippen LogP contribution is -2.07. The first-order chi connectivity index (χ1) is 8.97. The third kappa shape index (κ3) is 3.35. The van der Waals surface area contributed by atoms with Gasteiger partial charge in [0, 0.05) is 12.7 Å². The SMILES string of the molecule is Cc1cc(C)c(-c2cnc(NCC(C)C)s2)cc1C. The van der Waals surface area contributed by atoms with Crippen LogP contribution in [0, 0.1) is 26.7 Å². The maximum atomic E-state index is 4.47. The van der Waals surface area contributed by atoms with Crippen LogP contribution in [-0.4, -0.2) is 11.5 Å². The summed E-state index contributed by atoms with van der Waals surface area (Å²) in [7, 11) is 0. The second kappa shape index (κ2) is 5.74. The minimum Gasteiger partial charge on any atom is -0.361 e. The summed E-state index contributed by atoms with van der Waals surface area (Å²) in [5.74, 6) is 0.635. The van der Waals surface area contributed by atoms with E-state index >= 15 is 0 Å². The number of aromatic nitrogens is 1. The topological polar surface area (TPSA) is 24.9 Å². The van der Waals surface area contributed by atoms with Gasteiger partial charge in [-0.15, -0.1) is 0 Å². The molecule has 0 aliphatic heterocycles. The molecule has 0 spiro atoms. The summed E-state index contributed by atoms with van der Waals surface area (Å²) in [6.45, 7) is 11.9. The Morgan fingerprint density at radius 2 is 1.79 bits per heavy atom. The molecule has 0 bridgehead atoms. The highest BCUT2D eigenvalue weighted by Gasteiger charge is 2.09. The lowest BCUT2D eigenvalue weighted by molar-refractivity contribution is 0.688. The molecule has 0 atom stereocenters. The standard InChI is InChI=1S/C16H22N2S/c1-10(2)8-17-16-18-9-15(19-16)14-7-12(4)11(3)6-13(14)5/h6-7,9-10H,8H2,1-5H3,(H,17,18). The van der Waals surface area contributed by atoms with Crippen LogP contribution in [0.5, 0.6) is 0 Å². The average molecular weight is 274 g/mol. The molecule has 2 rings (SSSR count). The minimum absolute atomic E-state index is 0.635. The second-order valence-electron chi connectivity index (χ2n) is 5.56. The molecular formula is C16H22N2S. The number of hydrogen-bond acceptors (Lipinski definition) is 3. The van der Waals surface area contributed by atoms with Crippen LogP contribution in [0.3, 0.4) is 0 Å². The van der Waals surface area contributed by atoms with E-state index in [4.69, 9.17) is 0 Å². The molecule has 1 aromatic carbocycles. The van der Waals surface area contributed by atoms with Crippen molar-refractivity contribution in [3.8, 4) is 10.4 Å². The third-order valence-corrected chi connectivity index (χ3v) is 4.26. The van der Waals surface area contributed by atoms with Gasteiger partial charge in [0.05, 0.1) is 4.88 Å². The molecule has 0 aliphatic carbocycles. The zero-order valence-electron chi connectivity index (χ0n) is 12.4. The van der Waals surface area contributed by atoms with Crippen LogP contribution in [0.25, 0.3) is 10.4 Å². The van der Waals surface area contributed by atoms with Crippen molar-refractivity contribution >= 4 is 16.5 Å². The largest absolute Gasteiger partial charge is 0.361 e. The van der Waals surface area contributed by atoms with Crippen LogP contribution in [0.1, 0.15) is 30.5 Å². The van der Waals surface area contributed by atoms with Crippen LogP contribution in [0.15, 0.2) is 18.3 Å². The van der Waals surface area contributed by atoms with E-state index in [0.717, 1.165) is 11.7 Å². The molecule has 1 heterocycles. The van der Waals surface area contributed by atoms with Crippen LogP contribution < -0.4 is 5.32 Å². The number of rotatable bonds is 4. The summed E-state index contributed by atoms with van der Waals surface area (Å²) in [5, 5.41) is 4.40. The van der Waals surface area contributed by atoms with Gasteiger partial charge in [-0.25, -0.2) is 4.98 Å². The second-order valence-corrected chi connectivity index (χ2v) is 6.59.